The van der Waals surface area contributed by atoms with E-state index in [9.17, 15) is 8.78 Å². The maximum absolute atomic E-state index is 13.5. The van der Waals surface area contributed by atoms with Gasteiger partial charge in [-0.2, -0.15) is 0 Å². The summed E-state index contributed by atoms with van der Waals surface area (Å²) in [6, 6.07) is 6.34. The Labute approximate surface area is 150 Å². The van der Waals surface area contributed by atoms with Crippen LogP contribution in [0.5, 0.6) is 5.75 Å². The van der Waals surface area contributed by atoms with Gasteiger partial charge in [-0.05, 0) is 37.3 Å². The number of alkyl halides is 2. The summed E-state index contributed by atoms with van der Waals surface area (Å²) < 4.78 is 32.8. The molecular weight excluding hydrogens is 361 g/mol. The third-order valence-corrected chi connectivity index (χ3v) is 4.28. The van der Waals surface area contributed by atoms with E-state index in [0.29, 0.717) is 18.7 Å². The first kappa shape index (κ1) is 22.6. The van der Waals surface area contributed by atoms with E-state index < -0.39 is 20.8 Å². The van der Waals surface area contributed by atoms with Crippen molar-refractivity contribution in [1.82, 2.24) is 10.2 Å². The van der Waals surface area contributed by atoms with Gasteiger partial charge in [-0.15, -0.1) is 24.8 Å². The minimum absolute atomic E-state index is 0. The van der Waals surface area contributed by atoms with E-state index in [2.05, 4.69) is 25.0 Å². The van der Waals surface area contributed by atoms with Crippen LogP contribution in [0.4, 0.5) is 8.78 Å². The Hall–Kier alpha value is -0.403. The number of benzene rings is 1. The minimum Gasteiger partial charge on any atom is -0.544 e. The average molecular weight is 387 g/mol. The molecule has 1 atom stereocenters. The lowest BCUT2D eigenvalue weighted by atomic mass is 10.0. The largest absolute Gasteiger partial charge is 0.544 e. The van der Waals surface area contributed by atoms with Gasteiger partial charge in [0.2, 0.25) is 8.32 Å². The molecule has 23 heavy (non-hydrogen) atoms. The maximum atomic E-state index is 13.5. The summed E-state index contributed by atoms with van der Waals surface area (Å²) in [7, 11) is -1.66. The molecule has 0 aliphatic carbocycles. The molecule has 1 N–H and O–H groups in total. The lowest BCUT2D eigenvalue weighted by Crippen LogP contribution is -2.46. The highest BCUT2D eigenvalue weighted by Gasteiger charge is 2.30. The second kappa shape index (κ2) is 9.79. The number of piperazine rings is 1. The fourth-order valence-corrected chi connectivity index (χ4v) is 3.41. The summed E-state index contributed by atoms with van der Waals surface area (Å²) in [4.78, 5) is 1.86. The molecule has 1 aliphatic rings. The molecule has 1 fully saturated rings. The molecule has 0 saturated carbocycles. The van der Waals surface area contributed by atoms with E-state index in [1.165, 1.54) is 0 Å². The predicted octanol–water partition coefficient (Wildman–Crippen LogP) is 3.96. The van der Waals surface area contributed by atoms with Crippen molar-refractivity contribution in [3.05, 3.63) is 29.8 Å². The van der Waals surface area contributed by atoms with Gasteiger partial charge in [-0.1, -0.05) is 12.1 Å². The summed E-state index contributed by atoms with van der Waals surface area (Å²) in [5.74, 6) is 0.770. The van der Waals surface area contributed by atoms with Gasteiger partial charge < -0.3 is 9.74 Å². The van der Waals surface area contributed by atoms with Crippen LogP contribution in [-0.2, 0) is 0 Å². The van der Waals surface area contributed by atoms with Crippen LogP contribution in [0, 0.1) is 0 Å². The number of nitrogens with one attached hydrogen (secondary N) is 1. The highest BCUT2D eigenvalue weighted by Crippen LogP contribution is 2.29. The fraction of sp³-hybridized carbons (Fsp3) is 0.600. The van der Waals surface area contributed by atoms with E-state index in [-0.39, 0.29) is 24.8 Å². The SMILES string of the molecule is C[Si](C)(C)Oc1ccc([C@@H](C(F)F)N2CCNCC2)cc1.Cl.Cl. The number of nitrogens with zero attached hydrogens (tertiary/aromatic N) is 1. The number of halogens is 4. The first-order chi connectivity index (χ1) is 9.87. The molecule has 0 radical (unpaired) electrons. The second-order valence-corrected chi connectivity index (χ2v) is 10.8. The Kier molecular flexibility index (Phi) is 9.62. The monoisotopic (exact) mass is 386 g/mol. The quantitative estimate of drug-likeness (QED) is 0.775. The Bertz CT molecular complexity index is 452. The molecule has 134 valence electrons. The van der Waals surface area contributed by atoms with E-state index in [4.69, 9.17) is 4.43 Å². The van der Waals surface area contributed by atoms with Gasteiger partial charge in [0.1, 0.15) is 5.75 Å². The van der Waals surface area contributed by atoms with Crippen molar-refractivity contribution < 1.29 is 13.2 Å². The fourth-order valence-electron chi connectivity index (χ4n) is 2.56. The molecule has 1 heterocycles. The molecule has 0 unspecified atom stereocenters. The normalized spacial score (nSPS) is 17.1. The first-order valence-electron chi connectivity index (χ1n) is 7.39. The molecule has 8 heteroatoms. The van der Waals surface area contributed by atoms with Crippen molar-refractivity contribution in [3.63, 3.8) is 0 Å². The molecule has 1 aliphatic heterocycles. The minimum atomic E-state index is -2.38. The summed E-state index contributed by atoms with van der Waals surface area (Å²) >= 11 is 0. The predicted molar refractivity (Wildman–Crippen MR) is 98.1 cm³/mol. The van der Waals surface area contributed by atoms with Crippen LogP contribution < -0.4 is 9.74 Å². The standard InChI is InChI=1S/C15H24F2N2OSi.2ClH/c1-21(2,3)20-13-6-4-12(5-7-13)14(15(16)17)19-10-8-18-9-11-19;;/h4-7,14-15,18H,8-11H2,1-3H3;2*1H/t14-;;/m0../s1. The lowest BCUT2D eigenvalue weighted by molar-refractivity contribution is 0.0181. The zero-order valence-electron chi connectivity index (χ0n) is 13.7. The smallest absolute Gasteiger partial charge is 0.258 e. The van der Waals surface area contributed by atoms with Gasteiger partial charge in [0.25, 0.3) is 6.43 Å². The molecule has 3 nitrogen and oxygen atoms in total. The number of rotatable bonds is 5. The number of hydrogen-bond donors (Lipinski definition) is 1. The Morgan fingerprint density at radius 1 is 1.04 bits per heavy atom. The van der Waals surface area contributed by atoms with E-state index in [1.807, 2.05) is 17.0 Å². The van der Waals surface area contributed by atoms with Crippen LogP contribution in [0.1, 0.15) is 11.6 Å². The molecule has 1 aromatic carbocycles. The van der Waals surface area contributed by atoms with Crippen LogP contribution in [0.15, 0.2) is 24.3 Å². The summed E-state index contributed by atoms with van der Waals surface area (Å²) in [5, 5.41) is 3.19. The third kappa shape index (κ3) is 6.93. The second-order valence-electron chi connectivity index (χ2n) is 6.35. The van der Waals surface area contributed by atoms with Crippen molar-refractivity contribution >= 4 is 33.1 Å². The zero-order chi connectivity index (χ0) is 15.5. The summed E-state index contributed by atoms with van der Waals surface area (Å²) in [6.07, 6.45) is -2.38. The van der Waals surface area contributed by atoms with Gasteiger partial charge in [0, 0.05) is 26.2 Å². The van der Waals surface area contributed by atoms with E-state index in [0.717, 1.165) is 18.8 Å². The lowest BCUT2D eigenvalue weighted by Gasteiger charge is -2.34. The molecular formula is C15H26Cl2F2N2OSi. The molecule has 0 amide bonds. The maximum Gasteiger partial charge on any atom is 0.258 e. The molecule has 1 aromatic rings. The van der Waals surface area contributed by atoms with E-state index >= 15 is 0 Å². The molecule has 0 bridgehead atoms. The topological polar surface area (TPSA) is 24.5 Å². The third-order valence-electron chi connectivity index (χ3n) is 3.43. The van der Waals surface area contributed by atoms with Crippen LogP contribution >= 0.6 is 24.8 Å². The number of hydrogen-bond acceptors (Lipinski definition) is 3. The molecule has 0 aromatic heterocycles. The van der Waals surface area contributed by atoms with Gasteiger partial charge in [-0.3, -0.25) is 4.90 Å². The van der Waals surface area contributed by atoms with Crippen LogP contribution in [0.25, 0.3) is 0 Å². The van der Waals surface area contributed by atoms with Crippen molar-refractivity contribution in [1.29, 1.82) is 0 Å². The van der Waals surface area contributed by atoms with Crippen LogP contribution in [0.3, 0.4) is 0 Å². The van der Waals surface area contributed by atoms with Gasteiger partial charge in [-0.25, -0.2) is 8.78 Å². The molecule has 1 saturated heterocycles. The van der Waals surface area contributed by atoms with Gasteiger partial charge in [0.05, 0.1) is 6.04 Å². The van der Waals surface area contributed by atoms with Gasteiger partial charge >= 0.3 is 0 Å². The highest BCUT2D eigenvalue weighted by atomic mass is 35.5. The average Bonchev–Trinajstić information content (AvgIpc) is 2.40. The summed E-state index contributed by atoms with van der Waals surface area (Å²) in [5.41, 5.74) is 0.662. The van der Waals surface area contributed by atoms with Crippen molar-refractivity contribution in [3.8, 4) is 5.75 Å². The van der Waals surface area contributed by atoms with E-state index in [1.54, 1.807) is 12.1 Å². The van der Waals surface area contributed by atoms with Crippen LogP contribution in [-0.4, -0.2) is 45.8 Å². The van der Waals surface area contributed by atoms with Crippen molar-refractivity contribution in [2.24, 2.45) is 0 Å². The van der Waals surface area contributed by atoms with Crippen molar-refractivity contribution in [2.45, 2.75) is 32.1 Å². The Morgan fingerprint density at radius 3 is 2.00 bits per heavy atom. The molecule has 0 spiro atoms. The zero-order valence-corrected chi connectivity index (χ0v) is 16.4. The Morgan fingerprint density at radius 2 is 1.57 bits per heavy atom. The molecule has 2 rings (SSSR count). The van der Waals surface area contributed by atoms with Crippen molar-refractivity contribution in [2.75, 3.05) is 26.2 Å². The summed E-state index contributed by atoms with van der Waals surface area (Å²) in [6.45, 7) is 9.14. The Balaban J connectivity index is 0.00000242. The highest BCUT2D eigenvalue weighted by molar-refractivity contribution is 6.70. The van der Waals surface area contributed by atoms with Gasteiger partial charge in [0.15, 0.2) is 0 Å². The first-order valence-corrected chi connectivity index (χ1v) is 10.8. The van der Waals surface area contributed by atoms with Crippen LogP contribution in [0.2, 0.25) is 19.6 Å².